The molecule has 4 aromatic rings. The van der Waals surface area contributed by atoms with Gasteiger partial charge in [-0.25, -0.2) is 0 Å². The van der Waals surface area contributed by atoms with Crippen molar-refractivity contribution in [1.82, 2.24) is 9.80 Å². The van der Waals surface area contributed by atoms with Gasteiger partial charge in [0.2, 0.25) is 0 Å². The standard InChI is InChI=1S/C46H57N3O6/c1-4-25-49-40(34-52-41(50)30-47-26-28-48(29-27-47)42-38(5-2)23-16-24-39(42)6-3)43(53-31-35-17-10-7-11-18-35)44(54-32-36-19-12-8-13-20-36)45(46(49)51)55-33-37-21-14-9-15-22-37/h7-24,40,43-45H,4-6,25-34H2,1-3H3/t40-,43-,44-,45-/m1/s1. The number of rotatable bonds is 18. The molecule has 0 unspecified atom stereocenters. The van der Waals surface area contributed by atoms with Crippen molar-refractivity contribution in [2.75, 3.05) is 50.8 Å². The lowest BCUT2D eigenvalue weighted by molar-refractivity contribution is -0.213. The third-order valence-corrected chi connectivity index (χ3v) is 10.7. The molecule has 292 valence electrons. The summed E-state index contributed by atoms with van der Waals surface area (Å²) in [6.45, 7) is 11.1. The second-order valence-electron chi connectivity index (χ2n) is 14.4. The Kier molecular flexibility index (Phi) is 14.9. The van der Waals surface area contributed by atoms with Crippen LogP contribution in [0.25, 0.3) is 0 Å². The Bertz CT molecular complexity index is 1740. The summed E-state index contributed by atoms with van der Waals surface area (Å²) >= 11 is 0. The maximum absolute atomic E-state index is 14.5. The number of ether oxygens (including phenoxy) is 4. The number of piperazine rings is 1. The molecule has 6 rings (SSSR count). The zero-order valence-corrected chi connectivity index (χ0v) is 32.7. The second kappa shape index (κ2) is 20.4. The van der Waals surface area contributed by atoms with Crippen LogP contribution in [0.3, 0.4) is 0 Å². The van der Waals surface area contributed by atoms with Crippen LogP contribution in [-0.2, 0) is 61.2 Å². The average Bonchev–Trinajstić information content (AvgIpc) is 3.23. The van der Waals surface area contributed by atoms with Gasteiger partial charge in [-0.15, -0.1) is 0 Å². The van der Waals surface area contributed by atoms with E-state index >= 15 is 0 Å². The Hall–Kier alpha value is -4.54. The zero-order valence-electron chi connectivity index (χ0n) is 32.7. The molecule has 0 aliphatic carbocycles. The molecule has 2 heterocycles. The van der Waals surface area contributed by atoms with Crippen LogP contribution >= 0.6 is 0 Å². The number of anilines is 1. The van der Waals surface area contributed by atoms with E-state index in [1.165, 1.54) is 16.8 Å². The molecule has 2 aliphatic rings. The summed E-state index contributed by atoms with van der Waals surface area (Å²) in [6.07, 6.45) is 0.366. The van der Waals surface area contributed by atoms with Crippen molar-refractivity contribution in [2.24, 2.45) is 0 Å². The number of carbonyl (C=O) groups excluding carboxylic acids is 2. The second-order valence-corrected chi connectivity index (χ2v) is 14.4. The van der Waals surface area contributed by atoms with Crippen molar-refractivity contribution in [3.63, 3.8) is 0 Å². The Labute approximate surface area is 327 Å². The van der Waals surface area contributed by atoms with Gasteiger partial charge in [0.15, 0.2) is 6.10 Å². The molecule has 0 saturated carbocycles. The van der Waals surface area contributed by atoms with Crippen LogP contribution in [-0.4, -0.2) is 91.9 Å². The lowest BCUT2D eigenvalue weighted by Gasteiger charge is -2.47. The first-order valence-electron chi connectivity index (χ1n) is 20.0. The van der Waals surface area contributed by atoms with Gasteiger partial charge in [-0.05, 0) is 47.1 Å². The number of hydrogen-bond donors (Lipinski definition) is 0. The zero-order chi connectivity index (χ0) is 38.4. The quantitative estimate of drug-likeness (QED) is 0.102. The molecule has 55 heavy (non-hydrogen) atoms. The normalized spacial score (nSPS) is 20.5. The number of para-hydroxylation sites is 1. The Morgan fingerprint density at radius 3 is 1.65 bits per heavy atom. The van der Waals surface area contributed by atoms with Crippen LogP contribution < -0.4 is 4.90 Å². The predicted molar refractivity (Wildman–Crippen MR) is 216 cm³/mol. The first-order chi connectivity index (χ1) is 27.0. The van der Waals surface area contributed by atoms with Crippen LogP contribution in [0.4, 0.5) is 5.69 Å². The van der Waals surface area contributed by atoms with E-state index in [1.807, 2.05) is 97.9 Å². The SMILES string of the molecule is CCCN1C(=O)[C@H](OCc2ccccc2)[C@H](OCc2ccccc2)[C@H](OCc2ccccc2)[C@H]1COC(=O)CN1CCN(c2c(CC)cccc2CC)CC1. The van der Waals surface area contributed by atoms with E-state index in [4.69, 9.17) is 18.9 Å². The first kappa shape index (κ1) is 40.1. The molecule has 9 nitrogen and oxygen atoms in total. The van der Waals surface area contributed by atoms with Gasteiger partial charge in [-0.1, -0.05) is 130 Å². The molecule has 0 spiro atoms. The van der Waals surface area contributed by atoms with Crippen molar-refractivity contribution in [2.45, 2.75) is 84.2 Å². The summed E-state index contributed by atoms with van der Waals surface area (Å²) < 4.78 is 26.0. The van der Waals surface area contributed by atoms with E-state index in [0.29, 0.717) is 19.6 Å². The predicted octanol–water partition coefficient (Wildman–Crippen LogP) is 6.85. The van der Waals surface area contributed by atoms with Crippen LogP contribution in [0.15, 0.2) is 109 Å². The molecule has 1 amide bonds. The van der Waals surface area contributed by atoms with E-state index in [1.54, 1.807) is 4.90 Å². The summed E-state index contributed by atoms with van der Waals surface area (Å²) in [5.74, 6) is -0.502. The van der Waals surface area contributed by atoms with Gasteiger partial charge < -0.3 is 28.7 Å². The minimum absolute atomic E-state index is 0.00959. The third-order valence-electron chi connectivity index (χ3n) is 10.7. The Morgan fingerprint density at radius 2 is 1.15 bits per heavy atom. The van der Waals surface area contributed by atoms with Crippen molar-refractivity contribution in [1.29, 1.82) is 0 Å². The summed E-state index contributed by atoms with van der Waals surface area (Å²) in [4.78, 5) is 34.5. The lowest BCUT2D eigenvalue weighted by Crippen LogP contribution is -2.67. The number of piperidine rings is 1. The highest BCUT2D eigenvalue weighted by Gasteiger charge is 2.51. The molecule has 2 aliphatic heterocycles. The largest absolute Gasteiger partial charge is 0.462 e. The molecule has 9 heteroatoms. The topological polar surface area (TPSA) is 80.8 Å². The fraction of sp³-hybridized carbons (Fsp3) is 0.435. The number of amides is 1. The molecule has 4 aromatic carbocycles. The number of carbonyl (C=O) groups is 2. The average molecular weight is 748 g/mol. The molecule has 0 N–H and O–H groups in total. The van der Waals surface area contributed by atoms with Gasteiger partial charge in [-0.3, -0.25) is 14.5 Å². The van der Waals surface area contributed by atoms with Crippen molar-refractivity contribution in [3.05, 3.63) is 137 Å². The van der Waals surface area contributed by atoms with E-state index in [0.717, 1.165) is 55.7 Å². The number of likely N-dealkylation sites (tertiary alicyclic amines) is 1. The van der Waals surface area contributed by atoms with Gasteiger partial charge in [-0.2, -0.15) is 0 Å². The highest BCUT2D eigenvalue weighted by molar-refractivity contribution is 5.83. The van der Waals surface area contributed by atoms with Crippen molar-refractivity contribution in [3.8, 4) is 0 Å². The van der Waals surface area contributed by atoms with E-state index < -0.39 is 24.4 Å². The van der Waals surface area contributed by atoms with Gasteiger partial charge in [0.1, 0.15) is 18.8 Å². The molecular weight excluding hydrogens is 691 g/mol. The Morgan fingerprint density at radius 1 is 0.636 bits per heavy atom. The molecule has 2 fully saturated rings. The van der Waals surface area contributed by atoms with Gasteiger partial charge >= 0.3 is 5.97 Å². The monoisotopic (exact) mass is 747 g/mol. The fourth-order valence-corrected chi connectivity index (χ4v) is 7.74. The van der Waals surface area contributed by atoms with Crippen molar-refractivity contribution < 1.29 is 28.5 Å². The van der Waals surface area contributed by atoms with Crippen LogP contribution in [0.1, 0.15) is 55.0 Å². The Balaban J connectivity index is 1.19. The molecule has 0 bridgehead atoms. The molecule has 2 saturated heterocycles. The highest BCUT2D eigenvalue weighted by atomic mass is 16.6. The van der Waals surface area contributed by atoms with E-state index in [9.17, 15) is 9.59 Å². The summed E-state index contributed by atoms with van der Waals surface area (Å²) in [5, 5.41) is 0. The number of benzene rings is 4. The van der Waals surface area contributed by atoms with Crippen LogP contribution in [0.2, 0.25) is 0 Å². The van der Waals surface area contributed by atoms with Gasteiger partial charge in [0.25, 0.3) is 5.91 Å². The fourth-order valence-electron chi connectivity index (χ4n) is 7.74. The first-order valence-corrected chi connectivity index (χ1v) is 20.0. The number of hydrogen-bond acceptors (Lipinski definition) is 8. The minimum atomic E-state index is -0.925. The number of aryl methyl sites for hydroxylation is 2. The molecule has 0 radical (unpaired) electrons. The van der Waals surface area contributed by atoms with Gasteiger partial charge in [0, 0.05) is 38.4 Å². The maximum Gasteiger partial charge on any atom is 0.320 e. The van der Waals surface area contributed by atoms with Crippen LogP contribution in [0, 0.1) is 0 Å². The third kappa shape index (κ3) is 10.6. The smallest absolute Gasteiger partial charge is 0.320 e. The summed E-state index contributed by atoms with van der Waals surface area (Å²) in [6, 6.07) is 35.7. The van der Waals surface area contributed by atoms with Crippen LogP contribution in [0.5, 0.6) is 0 Å². The molecular formula is C46H57N3O6. The van der Waals surface area contributed by atoms with Crippen molar-refractivity contribution >= 4 is 17.6 Å². The van der Waals surface area contributed by atoms with E-state index in [-0.39, 0.29) is 38.2 Å². The molecule has 4 atom stereocenters. The lowest BCUT2D eigenvalue weighted by atomic mass is 9.92. The minimum Gasteiger partial charge on any atom is -0.462 e. The highest BCUT2D eigenvalue weighted by Crippen LogP contribution is 2.31. The maximum atomic E-state index is 14.5. The van der Waals surface area contributed by atoms with E-state index in [2.05, 4.69) is 41.8 Å². The molecule has 0 aromatic heterocycles. The number of esters is 1. The summed E-state index contributed by atoms with van der Waals surface area (Å²) in [5.41, 5.74) is 7.01. The summed E-state index contributed by atoms with van der Waals surface area (Å²) in [7, 11) is 0. The van der Waals surface area contributed by atoms with Gasteiger partial charge in [0.05, 0.1) is 32.4 Å². The number of nitrogens with zero attached hydrogens (tertiary/aromatic N) is 3.